The Bertz CT molecular complexity index is 2370. The Labute approximate surface area is 359 Å². The summed E-state index contributed by atoms with van der Waals surface area (Å²) in [6, 6.07) is 4.29. The van der Waals surface area contributed by atoms with E-state index in [9.17, 15) is 14.4 Å². The predicted molar refractivity (Wildman–Crippen MR) is 229 cm³/mol. The second-order valence-corrected chi connectivity index (χ2v) is 19.7. The van der Waals surface area contributed by atoms with Crippen molar-refractivity contribution in [2.24, 2.45) is 17.3 Å². The van der Waals surface area contributed by atoms with Crippen LogP contribution in [0.25, 0.3) is 33.4 Å². The summed E-state index contributed by atoms with van der Waals surface area (Å²) in [5, 5.41) is 7.80. The number of halogens is 2. The minimum absolute atomic E-state index is 0.0431. The molecule has 0 unspecified atom stereocenters. The molecule has 7 heterocycles. The molecule has 4 aliphatic heterocycles. The van der Waals surface area contributed by atoms with Crippen LogP contribution in [0.2, 0.25) is 0 Å². The van der Waals surface area contributed by atoms with Gasteiger partial charge in [0.05, 0.1) is 58.7 Å². The Hall–Kier alpha value is -4.51. The molecule has 5 aliphatic rings. The molecule has 2 amide bonds. The Morgan fingerprint density at radius 2 is 1.89 bits per heavy atom. The van der Waals surface area contributed by atoms with E-state index in [1.807, 2.05) is 45.3 Å². The number of thiazole rings is 1. The number of nitrogens with one attached hydrogen (secondary N) is 2. The monoisotopic (exact) mass is 858 g/mol. The van der Waals surface area contributed by atoms with Gasteiger partial charge in [-0.1, -0.05) is 20.8 Å². The molecule has 9 rings (SSSR count). The van der Waals surface area contributed by atoms with Crippen molar-refractivity contribution in [3.05, 3.63) is 51.6 Å². The van der Waals surface area contributed by atoms with E-state index in [-0.39, 0.29) is 36.7 Å². The van der Waals surface area contributed by atoms with Gasteiger partial charge in [-0.15, -0.1) is 11.3 Å². The van der Waals surface area contributed by atoms with Gasteiger partial charge in [0.25, 0.3) is 11.8 Å². The van der Waals surface area contributed by atoms with E-state index in [1.54, 1.807) is 11.7 Å². The number of piperazine rings is 1. The summed E-state index contributed by atoms with van der Waals surface area (Å²) in [4.78, 5) is 55.9. The van der Waals surface area contributed by atoms with Crippen LogP contribution in [-0.2, 0) is 49.7 Å². The maximum atomic E-state index is 16.3. The number of rotatable bonds is 6. The normalized spacial score (nSPS) is 25.8. The molecule has 4 aromatic rings. The van der Waals surface area contributed by atoms with Crippen molar-refractivity contribution >= 4 is 45.7 Å². The number of nitrogens with zero attached hydrogens (tertiary/aromatic N) is 6. The van der Waals surface area contributed by atoms with Gasteiger partial charge < -0.3 is 29.2 Å². The van der Waals surface area contributed by atoms with Gasteiger partial charge >= 0.3 is 5.97 Å². The van der Waals surface area contributed by atoms with Crippen LogP contribution in [0.3, 0.4) is 0 Å². The lowest BCUT2D eigenvalue weighted by Crippen LogP contribution is -2.60. The fourth-order valence-electron chi connectivity index (χ4n) is 9.54. The van der Waals surface area contributed by atoms with E-state index >= 15 is 8.78 Å². The second kappa shape index (κ2) is 16.0. The number of anilines is 1. The van der Waals surface area contributed by atoms with Crippen LogP contribution >= 0.6 is 11.3 Å². The second-order valence-electron chi connectivity index (χ2n) is 18.7. The number of aromatic nitrogens is 3. The average Bonchev–Trinajstić information content (AvgIpc) is 3.66. The van der Waals surface area contributed by atoms with Crippen LogP contribution in [-0.4, -0.2) is 114 Å². The maximum Gasteiger partial charge on any atom is 0.324 e. The number of carbonyl (C=O) groups excluding carboxylic acids is 3. The number of hydrazine groups is 1. The third kappa shape index (κ3) is 8.28. The molecule has 1 aromatic carbocycles. The average molecular weight is 859 g/mol. The Morgan fingerprint density at radius 3 is 2.62 bits per heavy atom. The highest BCUT2D eigenvalue weighted by atomic mass is 32.1. The molecule has 326 valence electrons. The number of carbonyl (C=O) groups is 3. The van der Waals surface area contributed by atoms with Crippen LogP contribution in [0.15, 0.2) is 29.8 Å². The minimum Gasteiger partial charge on any atom is -0.464 e. The first-order chi connectivity index (χ1) is 29.1. The molecule has 2 saturated heterocycles. The molecule has 13 nitrogen and oxygen atoms in total. The van der Waals surface area contributed by atoms with E-state index in [0.29, 0.717) is 59.0 Å². The van der Waals surface area contributed by atoms with Crippen LogP contribution in [0.1, 0.15) is 74.9 Å². The highest BCUT2D eigenvalue weighted by molar-refractivity contribution is 7.10. The van der Waals surface area contributed by atoms with Crippen molar-refractivity contribution in [2.75, 3.05) is 58.4 Å². The molecular weight excluding hydrogens is 803 g/mol. The number of likely N-dealkylation sites (N-methyl/N-ethyl adjacent to an activating group) is 1. The Kier molecular flexibility index (Phi) is 11.0. The van der Waals surface area contributed by atoms with Crippen molar-refractivity contribution in [1.29, 1.82) is 0 Å². The number of esters is 1. The molecule has 16 heteroatoms. The van der Waals surface area contributed by atoms with Gasteiger partial charge in [0.2, 0.25) is 5.91 Å². The largest absolute Gasteiger partial charge is 0.464 e. The van der Waals surface area contributed by atoms with Crippen molar-refractivity contribution in [1.82, 2.24) is 35.2 Å². The van der Waals surface area contributed by atoms with Crippen LogP contribution < -0.4 is 15.6 Å². The quantitative estimate of drug-likeness (QED) is 0.230. The van der Waals surface area contributed by atoms with E-state index < -0.39 is 48.5 Å². The first kappa shape index (κ1) is 41.8. The molecule has 3 fully saturated rings. The van der Waals surface area contributed by atoms with Crippen LogP contribution in [0, 0.1) is 17.3 Å². The topological polar surface area (TPSA) is 134 Å². The van der Waals surface area contributed by atoms with Crippen molar-refractivity contribution in [3.8, 4) is 22.5 Å². The predicted octanol–water partition coefficient (Wildman–Crippen LogP) is 5.78. The number of hydrogen-bond acceptors (Lipinski definition) is 11. The lowest BCUT2D eigenvalue weighted by molar-refractivity contribution is -0.155. The number of ether oxygens (including phenoxy) is 2. The van der Waals surface area contributed by atoms with Gasteiger partial charge in [-0.3, -0.25) is 24.4 Å². The van der Waals surface area contributed by atoms with E-state index in [2.05, 4.69) is 39.7 Å². The highest BCUT2D eigenvalue weighted by Crippen LogP contribution is 2.47. The van der Waals surface area contributed by atoms with E-state index in [4.69, 9.17) is 19.4 Å². The van der Waals surface area contributed by atoms with Gasteiger partial charge in [0.15, 0.2) is 0 Å². The maximum absolute atomic E-state index is 16.3. The van der Waals surface area contributed by atoms with Gasteiger partial charge in [-0.05, 0) is 74.9 Å². The number of methoxy groups -OCH3 is 1. The third-order valence-electron chi connectivity index (χ3n) is 13.2. The van der Waals surface area contributed by atoms with Crippen molar-refractivity contribution in [3.63, 3.8) is 0 Å². The molecule has 1 saturated carbocycles. The molecule has 2 N–H and O–H groups in total. The first-order valence-corrected chi connectivity index (χ1v) is 22.5. The van der Waals surface area contributed by atoms with Gasteiger partial charge in [0.1, 0.15) is 12.1 Å². The summed E-state index contributed by atoms with van der Waals surface area (Å²) in [7, 11) is 3.73. The Morgan fingerprint density at radius 1 is 1.11 bits per heavy atom. The lowest BCUT2D eigenvalue weighted by Gasteiger charge is -2.35. The van der Waals surface area contributed by atoms with Gasteiger partial charge in [-0.25, -0.2) is 19.2 Å². The van der Waals surface area contributed by atoms with Crippen LogP contribution in [0.4, 0.5) is 14.5 Å². The van der Waals surface area contributed by atoms with E-state index in [1.165, 1.54) is 16.3 Å². The number of cyclic esters (lactones) is 1. The Balaban J connectivity index is 1.22. The molecular formula is C45H56F2N8O5S. The summed E-state index contributed by atoms with van der Waals surface area (Å²) in [5.41, 5.74) is 8.84. The summed E-state index contributed by atoms with van der Waals surface area (Å²) in [5.74, 6) is -3.97. The third-order valence-corrected chi connectivity index (χ3v) is 14.1. The lowest BCUT2D eigenvalue weighted by atomic mass is 9.84. The first-order valence-electron chi connectivity index (χ1n) is 21.6. The molecule has 6 bridgehead atoms. The smallest absolute Gasteiger partial charge is 0.324 e. The summed E-state index contributed by atoms with van der Waals surface area (Å²) < 4.78 is 46.3. The number of pyridine rings is 1. The highest BCUT2D eigenvalue weighted by Gasteiger charge is 2.43. The minimum atomic E-state index is -3.06. The molecule has 0 spiro atoms. The molecule has 1 aliphatic carbocycles. The molecule has 3 aromatic heterocycles. The fourth-order valence-corrected chi connectivity index (χ4v) is 10.4. The number of hydrogen-bond donors (Lipinski definition) is 2. The van der Waals surface area contributed by atoms with Gasteiger partial charge in [0, 0.05) is 85.9 Å². The zero-order valence-corrected chi connectivity index (χ0v) is 36.7. The van der Waals surface area contributed by atoms with Gasteiger partial charge in [-0.2, -0.15) is 0 Å². The number of amides is 2. The standard InChI is InChI=1S/C45H56F2N8O5S/c1-25-14-30(25)41(56)50-35-18-37-49-36(22-61-37)27-15-28-19-45(46,47)23-54-39(28)31(16-27)33(20-44(3,4)24-60-43(58)34-8-7-9-55(51-34)42(35)57)40(54)32-17-29(21-48-38(32)26(2)59-6)53-12-10-52(5)11-13-53/h15-17,21-22,25-26,30,34-35,51H,7-14,18-20,23-24H2,1-6H3,(H,50,56)/t25-,26-,30-,34-,35-/m0/s1. The molecule has 5 atom stereocenters. The van der Waals surface area contributed by atoms with Crippen molar-refractivity contribution < 1.29 is 32.6 Å². The number of fused-ring (bicyclic) bond motifs is 6. The van der Waals surface area contributed by atoms with Crippen LogP contribution in [0.5, 0.6) is 0 Å². The summed E-state index contributed by atoms with van der Waals surface area (Å²) >= 11 is 1.37. The fraction of sp³-hybridized carbons (Fsp3) is 0.578. The summed E-state index contributed by atoms with van der Waals surface area (Å²) in [6.07, 6.45) is 3.32. The number of benzene rings is 1. The zero-order chi connectivity index (χ0) is 43.0. The SMILES string of the molecule is CO[C@@H](C)c1ncc(N2CCN(C)CC2)cc1-c1c2c3cc(cc4c3n1CC(F)(F)C4)-c1csc(n1)C[C@H](NC(=O)[C@H]1C[C@@H]1C)C(=O)N1CCC[C@H](N1)C(=O)OCC(C)(C)C2. The number of alkyl halides is 2. The van der Waals surface area contributed by atoms with E-state index in [0.717, 1.165) is 60.3 Å². The molecule has 0 radical (unpaired) electrons. The molecule has 61 heavy (non-hydrogen) atoms. The summed E-state index contributed by atoms with van der Waals surface area (Å²) in [6.45, 7) is 11.3. The zero-order valence-electron chi connectivity index (χ0n) is 35.9. The van der Waals surface area contributed by atoms with Crippen molar-refractivity contribution in [2.45, 2.75) is 96.9 Å².